The van der Waals surface area contributed by atoms with Crippen LogP contribution in [0, 0.1) is 0 Å². The molecule has 4 aromatic rings. The van der Waals surface area contributed by atoms with Crippen LogP contribution < -0.4 is 10.1 Å². The average Bonchev–Trinajstić information content (AvgIpc) is 3.37. The minimum Gasteiger partial charge on any atom is -0.497 e. The SMILES string of the molecule is COc1ccc(CN2C(=O)NC(c3ccccc3)C(c3nc(-c4cccc(Cl)c4)no3)=C2C)cc1. The van der Waals surface area contributed by atoms with Gasteiger partial charge in [-0.2, -0.15) is 4.98 Å². The van der Waals surface area contributed by atoms with Gasteiger partial charge in [-0.25, -0.2) is 4.79 Å². The molecule has 0 radical (unpaired) electrons. The average molecular weight is 487 g/mol. The molecule has 5 rings (SSSR count). The molecule has 1 unspecified atom stereocenters. The highest BCUT2D eigenvalue weighted by Crippen LogP contribution is 2.38. The molecule has 0 saturated heterocycles. The summed E-state index contributed by atoms with van der Waals surface area (Å²) < 4.78 is 11.0. The van der Waals surface area contributed by atoms with Crippen molar-refractivity contribution in [2.45, 2.75) is 19.5 Å². The van der Waals surface area contributed by atoms with E-state index in [2.05, 4.69) is 15.5 Å². The van der Waals surface area contributed by atoms with Gasteiger partial charge in [-0.1, -0.05) is 71.4 Å². The topological polar surface area (TPSA) is 80.5 Å². The van der Waals surface area contributed by atoms with Crippen LogP contribution in [0.5, 0.6) is 5.75 Å². The Hall–Kier alpha value is -4.10. The summed E-state index contributed by atoms with van der Waals surface area (Å²) >= 11 is 6.15. The van der Waals surface area contributed by atoms with Crippen LogP contribution in [0.4, 0.5) is 4.79 Å². The molecule has 0 saturated carbocycles. The van der Waals surface area contributed by atoms with Crippen LogP contribution in [0.25, 0.3) is 17.0 Å². The molecule has 8 heteroatoms. The minimum atomic E-state index is -0.441. The lowest BCUT2D eigenvalue weighted by Gasteiger charge is -2.35. The van der Waals surface area contributed by atoms with Gasteiger partial charge >= 0.3 is 6.03 Å². The number of carbonyl (C=O) groups excluding carboxylic acids is 1. The van der Waals surface area contributed by atoms with Crippen molar-refractivity contribution in [1.82, 2.24) is 20.4 Å². The van der Waals surface area contributed by atoms with Crippen LogP contribution in [0.1, 0.15) is 30.0 Å². The first-order chi connectivity index (χ1) is 17.0. The second kappa shape index (κ2) is 9.64. The van der Waals surface area contributed by atoms with E-state index < -0.39 is 6.04 Å². The van der Waals surface area contributed by atoms with Crippen molar-refractivity contribution in [1.29, 1.82) is 0 Å². The standard InChI is InChI=1S/C27H23ClN4O3/c1-17-23(26-30-25(31-35-26)20-9-6-10-21(28)15-20)24(19-7-4-3-5-8-19)29-27(33)32(17)16-18-11-13-22(34-2)14-12-18/h3-15,24H,16H2,1-2H3,(H,29,33). The van der Waals surface area contributed by atoms with Crippen LogP contribution in [0.15, 0.2) is 89.1 Å². The summed E-state index contributed by atoms with van der Waals surface area (Å²) in [4.78, 5) is 19.6. The number of allylic oxidation sites excluding steroid dienone is 1. The van der Waals surface area contributed by atoms with Crippen molar-refractivity contribution in [3.8, 4) is 17.1 Å². The number of carbonyl (C=O) groups is 1. The lowest BCUT2D eigenvalue weighted by Crippen LogP contribution is -2.45. The maximum atomic E-state index is 13.2. The van der Waals surface area contributed by atoms with Crippen molar-refractivity contribution >= 4 is 23.2 Å². The Morgan fingerprint density at radius 1 is 1.06 bits per heavy atom. The summed E-state index contributed by atoms with van der Waals surface area (Å²) in [5.41, 5.74) is 4.10. The Morgan fingerprint density at radius 3 is 2.54 bits per heavy atom. The molecule has 1 aliphatic rings. The second-order valence-electron chi connectivity index (χ2n) is 8.16. The molecule has 1 atom stereocenters. The molecule has 35 heavy (non-hydrogen) atoms. The molecule has 0 bridgehead atoms. The van der Waals surface area contributed by atoms with E-state index in [1.165, 1.54) is 0 Å². The first-order valence-corrected chi connectivity index (χ1v) is 11.5. The van der Waals surface area contributed by atoms with Gasteiger partial charge in [0.1, 0.15) is 5.75 Å². The van der Waals surface area contributed by atoms with Gasteiger partial charge in [0.05, 0.1) is 25.3 Å². The minimum absolute atomic E-state index is 0.203. The number of hydrogen-bond acceptors (Lipinski definition) is 5. The predicted molar refractivity (Wildman–Crippen MR) is 134 cm³/mol. The lowest BCUT2D eigenvalue weighted by atomic mass is 9.94. The normalized spacial score (nSPS) is 15.8. The van der Waals surface area contributed by atoms with Crippen LogP contribution in [-0.4, -0.2) is 28.2 Å². The summed E-state index contributed by atoms with van der Waals surface area (Å²) in [6, 6.07) is 24.0. The number of urea groups is 1. The number of ether oxygens (including phenoxy) is 1. The third-order valence-corrected chi connectivity index (χ3v) is 6.20. The Morgan fingerprint density at radius 2 is 1.83 bits per heavy atom. The van der Waals surface area contributed by atoms with Crippen molar-refractivity contribution in [3.05, 3.63) is 107 Å². The molecule has 1 aliphatic heterocycles. The van der Waals surface area contributed by atoms with Crippen molar-refractivity contribution in [2.75, 3.05) is 7.11 Å². The van der Waals surface area contributed by atoms with E-state index in [9.17, 15) is 4.79 Å². The number of rotatable bonds is 6. The summed E-state index contributed by atoms with van der Waals surface area (Å²) in [5, 5.41) is 7.89. The van der Waals surface area contributed by atoms with Gasteiger partial charge in [-0.15, -0.1) is 0 Å². The molecule has 1 N–H and O–H groups in total. The van der Waals surface area contributed by atoms with Crippen LogP contribution in [0.3, 0.4) is 0 Å². The molecule has 0 spiro atoms. The second-order valence-corrected chi connectivity index (χ2v) is 8.60. The summed E-state index contributed by atoms with van der Waals surface area (Å²) in [7, 11) is 1.62. The third-order valence-electron chi connectivity index (χ3n) is 5.97. The summed E-state index contributed by atoms with van der Waals surface area (Å²) in [6.45, 7) is 2.28. The zero-order valence-electron chi connectivity index (χ0n) is 19.2. The van der Waals surface area contributed by atoms with Gasteiger partial charge in [0, 0.05) is 16.3 Å². The molecule has 2 amide bonds. The number of benzene rings is 3. The molecule has 1 aromatic heterocycles. The molecule has 176 valence electrons. The van der Waals surface area contributed by atoms with Gasteiger partial charge in [-0.3, -0.25) is 4.90 Å². The Bertz CT molecular complexity index is 1380. The Labute approximate surface area is 208 Å². The Balaban J connectivity index is 1.57. The van der Waals surface area contributed by atoms with Crippen LogP contribution in [0.2, 0.25) is 5.02 Å². The van der Waals surface area contributed by atoms with E-state index in [0.717, 1.165) is 33.7 Å². The van der Waals surface area contributed by atoms with E-state index in [1.807, 2.05) is 73.7 Å². The first kappa shape index (κ1) is 22.7. The zero-order chi connectivity index (χ0) is 24.4. The van der Waals surface area contributed by atoms with Gasteiger partial charge in [0.15, 0.2) is 0 Å². The summed E-state index contributed by atoms with van der Waals surface area (Å²) in [6.07, 6.45) is 0. The third kappa shape index (κ3) is 4.63. The fraction of sp³-hybridized carbons (Fsp3) is 0.148. The highest BCUT2D eigenvalue weighted by Gasteiger charge is 2.35. The quantitative estimate of drug-likeness (QED) is 0.356. The number of amides is 2. The van der Waals surface area contributed by atoms with E-state index in [1.54, 1.807) is 24.1 Å². The first-order valence-electron chi connectivity index (χ1n) is 11.1. The molecule has 7 nitrogen and oxygen atoms in total. The number of nitrogens with zero attached hydrogens (tertiary/aromatic N) is 3. The van der Waals surface area contributed by atoms with Crippen molar-refractivity contribution in [3.63, 3.8) is 0 Å². The lowest BCUT2D eigenvalue weighted by molar-refractivity contribution is 0.203. The fourth-order valence-electron chi connectivity index (χ4n) is 4.14. The Kier molecular flexibility index (Phi) is 6.25. The van der Waals surface area contributed by atoms with Crippen LogP contribution >= 0.6 is 11.6 Å². The monoisotopic (exact) mass is 486 g/mol. The molecular weight excluding hydrogens is 464 g/mol. The maximum Gasteiger partial charge on any atom is 0.322 e. The largest absolute Gasteiger partial charge is 0.497 e. The number of aromatic nitrogens is 2. The number of nitrogens with one attached hydrogen (secondary N) is 1. The number of hydrogen-bond donors (Lipinski definition) is 1. The molecular formula is C27H23ClN4O3. The predicted octanol–water partition coefficient (Wildman–Crippen LogP) is 6.10. The molecule has 3 aromatic carbocycles. The van der Waals surface area contributed by atoms with Crippen molar-refractivity contribution < 1.29 is 14.1 Å². The van der Waals surface area contributed by atoms with Gasteiger partial charge in [-0.05, 0) is 42.3 Å². The van der Waals surface area contributed by atoms with E-state index in [4.69, 9.17) is 20.9 Å². The van der Waals surface area contributed by atoms with E-state index in [-0.39, 0.29) is 6.03 Å². The summed E-state index contributed by atoms with van der Waals surface area (Å²) in [5.74, 6) is 1.52. The highest BCUT2D eigenvalue weighted by atomic mass is 35.5. The number of methoxy groups -OCH3 is 1. The molecule has 2 heterocycles. The molecule has 0 aliphatic carbocycles. The van der Waals surface area contributed by atoms with Gasteiger partial charge in [0.25, 0.3) is 5.89 Å². The van der Waals surface area contributed by atoms with E-state index in [0.29, 0.717) is 23.3 Å². The smallest absolute Gasteiger partial charge is 0.322 e. The van der Waals surface area contributed by atoms with Crippen LogP contribution in [-0.2, 0) is 6.54 Å². The number of halogens is 1. The zero-order valence-corrected chi connectivity index (χ0v) is 20.0. The van der Waals surface area contributed by atoms with Crippen molar-refractivity contribution in [2.24, 2.45) is 0 Å². The van der Waals surface area contributed by atoms with Gasteiger partial charge in [0.2, 0.25) is 5.82 Å². The van der Waals surface area contributed by atoms with E-state index >= 15 is 0 Å². The highest BCUT2D eigenvalue weighted by molar-refractivity contribution is 6.30. The molecule has 0 fully saturated rings. The fourth-order valence-corrected chi connectivity index (χ4v) is 4.33. The maximum absolute atomic E-state index is 13.2. The van der Waals surface area contributed by atoms with Gasteiger partial charge < -0.3 is 14.6 Å².